The van der Waals surface area contributed by atoms with Crippen molar-refractivity contribution in [2.75, 3.05) is 18.0 Å². The molecule has 0 unspecified atom stereocenters. The Balaban J connectivity index is 1.41. The standard InChI is InChI=1S/C24H23ClN4O2/c25-17-7-8-21-19(15-17)20-16-28(14-11-22(20)27-21)23(30)9-10-24(31)29(13-4-12-26)18-5-2-1-3-6-18/h1-3,5-8,15,27H,4,9-11,13-14,16H2. The van der Waals surface area contributed by atoms with Gasteiger partial charge in [0.25, 0.3) is 0 Å². The van der Waals surface area contributed by atoms with E-state index in [4.69, 9.17) is 16.9 Å². The molecule has 0 radical (unpaired) electrons. The molecule has 0 fully saturated rings. The largest absolute Gasteiger partial charge is 0.358 e. The van der Waals surface area contributed by atoms with Crippen molar-refractivity contribution < 1.29 is 9.59 Å². The third-order valence-electron chi connectivity index (χ3n) is 5.66. The lowest BCUT2D eigenvalue weighted by Crippen LogP contribution is -2.37. The van der Waals surface area contributed by atoms with Crippen LogP contribution in [0.15, 0.2) is 48.5 Å². The van der Waals surface area contributed by atoms with Gasteiger partial charge in [-0.05, 0) is 30.3 Å². The maximum atomic E-state index is 12.9. The number of rotatable bonds is 6. The van der Waals surface area contributed by atoms with Crippen molar-refractivity contribution >= 4 is 40.0 Å². The summed E-state index contributed by atoms with van der Waals surface area (Å²) in [6.07, 6.45) is 1.25. The molecule has 158 valence electrons. The number of amides is 2. The van der Waals surface area contributed by atoms with Crippen molar-refractivity contribution in [2.24, 2.45) is 0 Å². The van der Waals surface area contributed by atoms with Crippen LogP contribution in [-0.4, -0.2) is 34.8 Å². The van der Waals surface area contributed by atoms with E-state index in [1.54, 1.807) is 4.90 Å². The van der Waals surface area contributed by atoms with Crippen LogP contribution in [0.3, 0.4) is 0 Å². The molecule has 6 nitrogen and oxygen atoms in total. The number of fused-ring (bicyclic) bond motifs is 3. The number of anilines is 1. The highest BCUT2D eigenvalue weighted by molar-refractivity contribution is 6.31. The molecule has 7 heteroatoms. The molecule has 2 heterocycles. The van der Waals surface area contributed by atoms with E-state index >= 15 is 0 Å². The number of hydrogen-bond acceptors (Lipinski definition) is 3. The predicted octanol–water partition coefficient (Wildman–Crippen LogP) is 4.43. The molecule has 1 aliphatic heterocycles. The Morgan fingerprint density at radius 2 is 1.97 bits per heavy atom. The molecule has 0 spiro atoms. The Bertz CT molecular complexity index is 1150. The van der Waals surface area contributed by atoms with E-state index in [0.717, 1.165) is 34.3 Å². The Morgan fingerprint density at radius 1 is 1.16 bits per heavy atom. The first kappa shape index (κ1) is 21.0. The van der Waals surface area contributed by atoms with Crippen LogP contribution >= 0.6 is 11.6 Å². The van der Waals surface area contributed by atoms with E-state index in [9.17, 15) is 9.59 Å². The van der Waals surface area contributed by atoms with Gasteiger partial charge < -0.3 is 14.8 Å². The number of nitrogens with zero attached hydrogens (tertiary/aromatic N) is 3. The molecular formula is C24H23ClN4O2. The number of para-hydroxylation sites is 1. The molecule has 1 aromatic heterocycles. The van der Waals surface area contributed by atoms with Crippen molar-refractivity contribution in [1.82, 2.24) is 9.88 Å². The summed E-state index contributed by atoms with van der Waals surface area (Å²) < 4.78 is 0. The molecule has 2 aromatic carbocycles. The lowest BCUT2D eigenvalue weighted by atomic mass is 10.0. The van der Waals surface area contributed by atoms with Crippen LogP contribution in [0.1, 0.15) is 30.5 Å². The van der Waals surface area contributed by atoms with Gasteiger partial charge in [-0.15, -0.1) is 0 Å². The van der Waals surface area contributed by atoms with Gasteiger partial charge in [0.05, 0.1) is 12.5 Å². The van der Waals surface area contributed by atoms with Gasteiger partial charge in [-0.1, -0.05) is 29.8 Å². The van der Waals surface area contributed by atoms with Crippen molar-refractivity contribution in [2.45, 2.75) is 32.2 Å². The fourth-order valence-electron chi connectivity index (χ4n) is 4.07. The summed E-state index contributed by atoms with van der Waals surface area (Å²) in [4.78, 5) is 32.5. The molecule has 0 aliphatic carbocycles. The molecule has 31 heavy (non-hydrogen) atoms. The summed E-state index contributed by atoms with van der Waals surface area (Å²) in [5.41, 5.74) is 4.01. The van der Waals surface area contributed by atoms with Crippen LogP contribution in [0.4, 0.5) is 5.69 Å². The number of hydrogen-bond donors (Lipinski definition) is 1. The number of benzene rings is 2. The zero-order valence-electron chi connectivity index (χ0n) is 17.1. The van der Waals surface area contributed by atoms with Gasteiger partial charge in [-0.3, -0.25) is 9.59 Å². The Morgan fingerprint density at radius 3 is 2.74 bits per heavy atom. The van der Waals surface area contributed by atoms with E-state index in [0.29, 0.717) is 24.7 Å². The average Bonchev–Trinajstić information content (AvgIpc) is 3.15. The van der Waals surface area contributed by atoms with Crippen LogP contribution < -0.4 is 4.90 Å². The second-order valence-electron chi connectivity index (χ2n) is 7.63. The van der Waals surface area contributed by atoms with Gasteiger partial charge in [0.15, 0.2) is 0 Å². The summed E-state index contributed by atoms with van der Waals surface area (Å²) in [6.45, 7) is 1.45. The number of H-pyrrole nitrogens is 1. The molecule has 0 bridgehead atoms. The molecule has 4 rings (SSSR count). The first-order valence-corrected chi connectivity index (χ1v) is 10.7. The second kappa shape index (κ2) is 9.23. The average molecular weight is 435 g/mol. The molecule has 0 saturated heterocycles. The van der Waals surface area contributed by atoms with Crippen molar-refractivity contribution in [3.05, 3.63) is 64.8 Å². The SMILES string of the molecule is N#CCCN(C(=O)CCC(=O)N1CCc2[nH]c3ccc(Cl)cc3c2C1)c1ccccc1. The van der Waals surface area contributed by atoms with Gasteiger partial charge in [0.2, 0.25) is 11.8 Å². The van der Waals surface area contributed by atoms with Crippen LogP contribution in [0.25, 0.3) is 10.9 Å². The normalized spacial score (nSPS) is 13.0. The lowest BCUT2D eigenvalue weighted by Gasteiger charge is -2.28. The maximum Gasteiger partial charge on any atom is 0.227 e. The minimum absolute atomic E-state index is 0.0383. The Hall–Kier alpha value is -3.30. The number of nitriles is 1. The molecule has 0 atom stereocenters. The van der Waals surface area contributed by atoms with Crippen LogP contribution in [0, 0.1) is 11.3 Å². The fourth-order valence-corrected chi connectivity index (χ4v) is 4.25. The van der Waals surface area contributed by atoms with Crippen molar-refractivity contribution in [1.29, 1.82) is 5.26 Å². The number of halogens is 1. The highest BCUT2D eigenvalue weighted by Crippen LogP contribution is 2.30. The molecule has 2 amide bonds. The van der Waals surface area contributed by atoms with Gasteiger partial charge >= 0.3 is 0 Å². The van der Waals surface area contributed by atoms with E-state index in [1.807, 2.05) is 53.4 Å². The summed E-state index contributed by atoms with van der Waals surface area (Å²) in [5.74, 6) is -0.185. The zero-order chi connectivity index (χ0) is 21.8. The van der Waals surface area contributed by atoms with Crippen molar-refractivity contribution in [3.63, 3.8) is 0 Å². The first-order chi connectivity index (χ1) is 15.1. The minimum atomic E-state index is -0.147. The van der Waals surface area contributed by atoms with E-state index < -0.39 is 0 Å². The summed E-state index contributed by atoms with van der Waals surface area (Å²) in [5, 5.41) is 10.6. The van der Waals surface area contributed by atoms with Gasteiger partial charge in [-0.25, -0.2) is 0 Å². The fraction of sp³-hybridized carbons (Fsp3) is 0.292. The summed E-state index contributed by atoms with van der Waals surface area (Å²) in [6, 6.07) is 17.1. The molecular weight excluding hydrogens is 412 g/mol. The van der Waals surface area contributed by atoms with Crippen LogP contribution in [0.2, 0.25) is 5.02 Å². The van der Waals surface area contributed by atoms with Gasteiger partial charge in [-0.2, -0.15) is 5.26 Å². The second-order valence-corrected chi connectivity index (χ2v) is 8.06. The van der Waals surface area contributed by atoms with Crippen LogP contribution in [0.5, 0.6) is 0 Å². The number of carbonyl (C=O) groups excluding carboxylic acids is 2. The number of aromatic amines is 1. The topological polar surface area (TPSA) is 80.2 Å². The van der Waals surface area contributed by atoms with Gasteiger partial charge in [0.1, 0.15) is 0 Å². The van der Waals surface area contributed by atoms with Crippen molar-refractivity contribution in [3.8, 4) is 6.07 Å². The smallest absolute Gasteiger partial charge is 0.227 e. The first-order valence-electron chi connectivity index (χ1n) is 10.4. The lowest BCUT2D eigenvalue weighted by molar-refractivity contribution is -0.134. The van der Waals surface area contributed by atoms with E-state index in [-0.39, 0.29) is 31.1 Å². The summed E-state index contributed by atoms with van der Waals surface area (Å²) >= 11 is 6.16. The predicted molar refractivity (Wildman–Crippen MR) is 121 cm³/mol. The van der Waals surface area contributed by atoms with E-state index in [1.165, 1.54) is 0 Å². The minimum Gasteiger partial charge on any atom is -0.358 e. The zero-order valence-corrected chi connectivity index (χ0v) is 17.9. The maximum absolute atomic E-state index is 12.9. The number of nitrogens with one attached hydrogen (secondary N) is 1. The highest BCUT2D eigenvalue weighted by atomic mass is 35.5. The van der Waals surface area contributed by atoms with Gasteiger partial charge in [0, 0.05) is 71.8 Å². The monoisotopic (exact) mass is 434 g/mol. The molecule has 0 saturated carbocycles. The quantitative estimate of drug-likeness (QED) is 0.623. The Labute approximate surface area is 186 Å². The molecule has 1 aliphatic rings. The van der Waals surface area contributed by atoms with E-state index in [2.05, 4.69) is 11.1 Å². The number of carbonyl (C=O) groups is 2. The summed E-state index contributed by atoms with van der Waals surface area (Å²) in [7, 11) is 0. The molecule has 1 N–H and O–H groups in total. The highest BCUT2D eigenvalue weighted by Gasteiger charge is 2.25. The number of aromatic nitrogens is 1. The molecule has 3 aromatic rings. The third kappa shape index (κ3) is 4.57. The third-order valence-corrected chi connectivity index (χ3v) is 5.89. The Kier molecular flexibility index (Phi) is 6.24. The van der Waals surface area contributed by atoms with Crippen LogP contribution in [-0.2, 0) is 22.6 Å².